The Morgan fingerprint density at radius 1 is 0.279 bits per heavy atom. The zero-order valence-corrected chi connectivity index (χ0v) is 62.2. The fourth-order valence-corrected chi connectivity index (χ4v) is 17.6. The monoisotopic (exact) mass is 1560 g/mol. The van der Waals surface area contributed by atoms with Crippen molar-refractivity contribution in [2.24, 2.45) is 4.30 Å². The SMILES string of the molecule is Brc1ccc2c(c1)c1c(c3c4cc(Br)ccc4n(Cc4ccccc4)c3c3c4cc(Br)ccc4n(Cc4ccccc4)c13)n2Cc1ccccc1.[2H]CF.[B]=NS.c1ccc(Cn2c3ccccc3c3c2c2c4ccccc4n(Cc4ccccc4)c2c2c4ccccc4n(Cc4ccccc4)c32)cc1. The van der Waals surface area contributed by atoms with Gasteiger partial charge in [-0.25, -0.2) is 0 Å². The maximum absolute atomic E-state index is 9.96. The molecule has 7 nitrogen and oxygen atoms in total. The molecule has 0 unspecified atom stereocenters. The van der Waals surface area contributed by atoms with E-state index < -0.39 is 7.15 Å². The maximum Gasteiger partial charge on any atom is 0.0617 e. The Bertz CT molecular complexity index is 5960. The quantitative estimate of drug-likeness (QED) is 0.0936. The number of benzene rings is 14. The summed E-state index contributed by atoms with van der Waals surface area (Å²) in [6, 6.07) is 113. The molecule has 104 heavy (non-hydrogen) atoms. The number of halogens is 4. The van der Waals surface area contributed by atoms with Gasteiger partial charge in [-0.15, -0.1) is 0 Å². The van der Waals surface area contributed by atoms with Crippen molar-refractivity contribution in [3.05, 3.63) is 356 Å². The first-order valence-corrected chi connectivity index (χ1v) is 37.4. The first kappa shape index (κ1) is 65.5. The normalized spacial score (nSPS) is 11.8. The summed E-state index contributed by atoms with van der Waals surface area (Å²) in [5, 5.41) is 15.5. The predicted octanol–water partition coefficient (Wildman–Crippen LogP) is 25.4. The fraction of sp³-hybridized carbons (Fsp3) is 0.0769. The molecule has 0 spiro atoms. The molecule has 0 atom stereocenters. The van der Waals surface area contributed by atoms with Crippen LogP contribution in [0, 0.1) is 0 Å². The van der Waals surface area contributed by atoms with Gasteiger partial charge >= 0.3 is 24.8 Å². The number of para-hydroxylation sites is 3. The third kappa shape index (κ3) is 11.7. The molecule has 0 aliphatic carbocycles. The molecule has 6 aromatic heterocycles. The van der Waals surface area contributed by atoms with Gasteiger partial charge in [0.1, 0.15) is 0 Å². The Morgan fingerprint density at radius 3 is 0.644 bits per heavy atom. The fourth-order valence-electron chi connectivity index (χ4n) is 16.5. The van der Waals surface area contributed by atoms with Gasteiger partial charge in [-0.2, -0.15) is 0 Å². The summed E-state index contributed by atoms with van der Waals surface area (Å²) < 4.78 is 36.9. The first-order chi connectivity index (χ1) is 51.7. The molecule has 20 rings (SSSR count). The number of thiol groups is 1. The summed E-state index contributed by atoms with van der Waals surface area (Å²) in [4.78, 5) is 0. The minimum atomic E-state index is -1.00. The van der Waals surface area contributed by atoms with E-state index in [1.165, 1.54) is 164 Å². The van der Waals surface area contributed by atoms with Crippen molar-refractivity contribution in [2.75, 3.05) is 7.15 Å². The topological polar surface area (TPSA) is 41.9 Å². The van der Waals surface area contributed by atoms with Gasteiger partial charge in [0.05, 0.1) is 41.6 Å². The zero-order valence-electron chi connectivity index (χ0n) is 57.6. The van der Waals surface area contributed by atoms with E-state index >= 15 is 0 Å². The molecule has 0 aliphatic heterocycles. The second kappa shape index (κ2) is 28.6. The van der Waals surface area contributed by atoms with E-state index in [0.29, 0.717) is 0 Å². The van der Waals surface area contributed by atoms with Gasteiger partial charge in [0, 0.05) is 150 Å². The Labute approximate surface area is 634 Å². The number of rotatable bonds is 12. The van der Waals surface area contributed by atoms with Crippen molar-refractivity contribution in [3.8, 4) is 0 Å². The van der Waals surface area contributed by atoms with E-state index in [2.05, 4.69) is 409 Å². The van der Waals surface area contributed by atoms with Crippen LogP contribution in [-0.4, -0.2) is 42.2 Å². The van der Waals surface area contributed by atoms with Gasteiger partial charge in [0.2, 0.25) is 0 Å². The molecule has 0 amide bonds. The number of hydrogen-bond acceptors (Lipinski definition) is 2. The molecule has 14 aromatic carbocycles. The largest absolute Gasteiger partial charge is 0.335 e. The molecular formula is C91H67BBr3FN7S. The molecule has 0 fully saturated rings. The Kier molecular flexibility index (Phi) is 18.0. The molecule has 0 saturated carbocycles. The minimum Gasteiger partial charge on any atom is -0.335 e. The van der Waals surface area contributed by atoms with Crippen LogP contribution in [0.15, 0.2) is 327 Å². The molecule has 1 radical (unpaired) electrons. The van der Waals surface area contributed by atoms with Crippen LogP contribution in [0.3, 0.4) is 0 Å². The standard InChI is InChI=1S/C45H30Br3N3.C45H33N3.CH3F.BHNS/c46-31-16-19-37-34(22-31)40-43(49(37)25-28-10-4-1-5-11-28)41-35-23-32(47)17-20-38(35)50(26-29-12-6-2-7-13-29)45(41)42-36-24-33(48)18-21-39(36)51(44(40)42)27-30-14-8-3-9-15-30;1-4-16-31(17-5-1)28-46-37-25-13-10-22-34(37)40-43(46)41-35-23-11-14-26-38(35)47(29-32-18-6-2-7-19-32)45(41)42-36-24-12-15-27-39(36)48(44(40)42)30-33-20-8-3-9-21-33;1-2;1-2-3/h1-24H,25-27H2;1-27H,28-30H2;1H3;3H/i;;1D;. The van der Waals surface area contributed by atoms with Crippen LogP contribution >= 0.6 is 60.6 Å². The second-order valence-electron chi connectivity index (χ2n) is 26.4. The Balaban J connectivity index is 0.000000145. The number of aromatic nitrogens is 6. The van der Waals surface area contributed by atoms with E-state index in [-0.39, 0.29) is 0 Å². The minimum absolute atomic E-state index is 0.757. The average molecular weight is 1560 g/mol. The van der Waals surface area contributed by atoms with E-state index in [1.807, 2.05) is 0 Å². The number of nitrogens with zero attached hydrogens (tertiary/aromatic N) is 7. The van der Waals surface area contributed by atoms with E-state index in [9.17, 15) is 4.39 Å². The van der Waals surface area contributed by atoms with E-state index in [0.717, 1.165) is 52.7 Å². The Hall–Kier alpha value is -10.5. The summed E-state index contributed by atoms with van der Waals surface area (Å²) in [7, 11) is 3.34. The summed E-state index contributed by atoms with van der Waals surface area (Å²) >= 11 is 14.8. The molecule has 13 heteroatoms. The molecular weight excluding hydrogens is 1490 g/mol. The van der Waals surface area contributed by atoms with Crippen molar-refractivity contribution < 1.29 is 5.76 Å². The van der Waals surface area contributed by atoms with Crippen LogP contribution in [0.2, 0.25) is 0 Å². The molecule has 0 bridgehead atoms. The van der Waals surface area contributed by atoms with Crippen molar-refractivity contribution in [2.45, 2.75) is 39.3 Å². The molecule has 0 aliphatic rings. The van der Waals surface area contributed by atoms with Crippen molar-refractivity contribution >= 4 is 199 Å². The van der Waals surface area contributed by atoms with Crippen LogP contribution in [0.1, 0.15) is 34.8 Å². The third-order valence-corrected chi connectivity index (χ3v) is 22.0. The molecule has 20 aromatic rings. The van der Waals surface area contributed by atoms with Crippen molar-refractivity contribution in [1.82, 2.24) is 27.4 Å². The van der Waals surface area contributed by atoms with Crippen LogP contribution in [-0.2, 0) is 39.3 Å². The van der Waals surface area contributed by atoms with Gasteiger partial charge in [-0.3, -0.25) is 4.39 Å². The Morgan fingerprint density at radius 2 is 0.442 bits per heavy atom. The number of hydrogen-bond donors (Lipinski definition) is 1. The van der Waals surface area contributed by atoms with Crippen molar-refractivity contribution in [3.63, 3.8) is 0 Å². The second-order valence-corrected chi connectivity index (χ2v) is 29.4. The van der Waals surface area contributed by atoms with Crippen LogP contribution in [0.25, 0.3) is 131 Å². The van der Waals surface area contributed by atoms with E-state index in [1.54, 1.807) is 0 Å². The molecule has 503 valence electrons. The molecule has 0 saturated heterocycles. The summed E-state index contributed by atoms with van der Waals surface area (Å²) in [5.74, 6) is 0. The van der Waals surface area contributed by atoms with Gasteiger partial charge in [-0.1, -0.05) is 284 Å². The summed E-state index contributed by atoms with van der Waals surface area (Å²) in [5.41, 5.74) is 22.9. The smallest absolute Gasteiger partial charge is 0.0617 e. The van der Waals surface area contributed by atoms with Gasteiger partial charge in [-0.05, 0) is 106 Å². The van der Waals surface area contributed by atoms with E-state index in [4.69, 9.17) is 1.37 Å². The van der Waals surface area contributed by atoms with Crippen LogP contribution < -0.4 is 0 Å². The average Bonchev–Trinajstić information content (AvgIpc) is 1.52. The summed E-state index contributed by atoms with van der Waals surface area (Å²) in [6.45, 7) is 4.65. The number of alkyl halides is 1. The predicted molar refractivity (Wildman–Crippen MR) is 451 cm³/mol. The van der Waals surface area contributed by atoms with Gasteiger partial charge in [0.25, 0.3) is 0 Å². The van der Waals surface area contributed by atoms with Crippen LogP contribution in [0.5, 0.6) is 0 Å². The van der Waals surface area contributed by atoms with Crippen molar-refractivity contribution in [1.29, 1.82) is 0 Å². The maximum atomic E-state index is 9.96. The van der Waals surface area contributed by atoms with Gasteiger partial charge in [0.15, 0.2) is 0 Å². The molecule has 0 N–H and O–H groups in total. The summed E-state index contributed by atoms with van der Waals surface area (Å²) in [6.07, 6.45) is 0. The van der Waals surface area contributed by atoms with Gasteiger partial charge < -0.3 is 27.4 Å². The van der Waals surface area contributed by atoms with Crippen LogP contribution in [0.4, 0.5) is 4.39 Å². The number of fused-ring (bicyclic) bond motifs is 24. The zero-order chi connectivity index (χ0) is 71.2. The third-order valence-electron chi connectivity index (χ3n) is 20.5. The molecule has 6 heterocycles. The first-order valence-electron chi connectivity index (χ1n) is 35.4.